The fraction of sp³-hybridized carbons (Fsp3) is 0.464. The molecule has 0 radical (unpaired) electrons. The normalized spacial score (nSPS) is 18.7. The van der Waals surface area contributed by atoms with Crippen molar-refractivity contribution in [1.29, 1.82) is 0 Å². The number of benzene rings is 2. The Morgan fingerprint density at radius 2 is 1.60 bits per heavy atom. The predicted molar refractivity (Wildman–Crippen MR) is 135 cm³/mol. The average Bonchev–Trinajstić information content (AvgIpc) is 3.61. The second kappa shape index (κ2) is 12.0. The molecule has 3 rings (SSSR count). The molecule has 4 atom stereocenters. The van der Waals surface area contributed by atoms with Crippen LogP contribution in [-0.2, 0) is 20.8 Å². The minimum Gasteiger partial charge on any atom is -0.351 e. The standard InChI is InChI=1S/C28H37N3O4/c1-28(2,3)25(27(34)29-23-18-22(23)20-14-8-5-9-15-20)30-26(33)21(17-24(32)31-35)16-10-13-19-11-6-4-7-12-19/h4-9,11-12,14-15,21-23,25,35H,10,13,16-18H2,1-3H3,(H,29,34)(H,30,33)(H,31,32)/t21-,22+,23+,25-/m1/s1. The van der Waals surface area contributed by atoms with E-state index in [9.17, 15) is 14.4 Å². The summed E-state index contributed by atoms with van der Waals surface area (Å²) in [5.41, 5.74) is 3.45. The molecule has 0 saturated heterocycles. The summed E-state index contributed by atoms with van der Waals surface area (Å²) in [5.74, 6) is -1.56. The highest BCUT2D eigenvalue weighted by Crippen LogP contribution is 2.40. The third-order valence-electron chi connectivity index (χ3n) is 6.55. The van der Waals surface area contributed by atoms with Crippen molar-refractivity contribution in [3.8, 4) is 0 Å². The number of amides is 3. The Balaban J connectivity index is 1.62. The molecular weight excluding hydrogens is 442 g/mol. The molecule has 0 heterocycles. The molecule has 0 unspecified atom stereocenters. The summed E-state index contributed by atoms with van der Waals surface area (Å²) in [4.78, 5) is 38.3. The highest BCUT2D eigenvalue weighted by atomic mass is 16.5. The van der Waals surface area contributed by atoms with E-state index in [1.165, 1.54) is 5.56 Å². The highest BCUT2D eigenvalue weighted by molar-refractivity contribution is 5.91. The van der Waals surface area contributed by atoms with Crippen molar-refractivity contribution >= 4 is 17.7 Å². The monoisotopic (exact) mass is 479 g/mol. The van der Waals surface area contributed by atoms with Crippen LogP contribution in [0.15, 0.2) is 60.7 Å². The fourth-order valence-electron chi connectivity index (χ4n) is 4.42. The van der Waals surface area contributed by atoms with Gasteiger partial charge in [0.25, 0.3) is 0 Å². The van der Waals surface area contributed by atoms with Crippen LogP contribution in [0, 0.1) is 11.3 Å². The number of hydrogen-bond donors (Lipinski definition) is 4. The predicted octanol–water partition coefficient (Wildman–Crippen LogP) is 3.72. The van der Waals surface area contributed by atoms with Crippen LogP contribution in [0.4, 0.5) is 0 Å². The Bertz CT molecular complexity index is 988. The number of carbonyl (C=O) groups excluding carboxylic acids is 3. The van der Waals surface area contributed by atoms with E-state index in [0.717, 1.165) is 18.4 Å². The van der Waals surface area contributed by atoms with E-state index >= 15 is 0 Å². The molecule has 1 fully saturated rings. The molecule has 0 aliphatic heterocycles. The molecule has 1 aliphatic carbocycles. The smallest absolute Gasteiger partial charge is 0.244 e. The number of carbonyl (C=O) groups is 3. The number of hydrogen-bond acceptors (Lipinski definition) is 4. The van der Waals surface area contributed by atoms with Crippen LogP contribution in [0.1, 0.15) is 63.5 Å². The lowest BCUT2D eigenvalue weighted by Gasteiger charge is -2.32. The lowest BCUT2D eigenvalue weighted by Crippen LogP contribution is -2.55. The minimum absolute atomic E-state index is 0.0495. The first-order valence-electron chi connectivity index (χ1n) is 12.3. The molecule has 1 aliphatic rings. The van der Waals surface area contributed by atoms with E-state index in [1.807, 2.05) is 69.3 Å². The van der Waals surface area contributed by atoms with Gasteiger partial charge in [-0.1, -0.05) is 81.4 Å². The van der Waals surface area contributed by atoms with Gasteiger partial charge < -0.3 is 10.6 Å². The summed E-state index contributed by atoms with van der Waals surface area (Å²) in [7, 11) is 0. The van der Waals surface area contributed by atoms with Crippen LogP contribution in [0.2, 0.25) is 0 Å². The van der Waals surface area contributed by atoms with Crippen molar-refractivity contribution in [1.82, 2.24) is 16.1 Å². The highest BCUT2D eigenvalue weighted by Gasteiger charge is 2.42. The number of nitrogens with one attached hydrogen (secondary N) is 3. The molecule has 188 valence electrons. The van der Waals surface area contributed by atoms with Crippen LogP contribution in [-0.4, -0.2) is 35.0 Å². The van der Waals surface area contributed by atoms with Crippen molar-refractivity contribution < 1.29 is 19.6 Å². The maximum atomic E-state index is 13.2. The third-order valence-corrected chi connectivity index (χ3v) is 6.55. The summed E-state index contributed by atoms with van der Waals surface area (Å²) in [6.07, 6.45) is 2.67. The quantitative estimate of drug-likeness (QED) is 0.291. The molecule has 2 aromatic carbocycles. The number of aryl methyl sites for hydroxylation is 1. The second-order valence-corrected chi connectivity index (χ2v) is 10.5. The van der Waals surface area contributed by atoms with Crippen molar-refractivity contribution in [2.45, 2.75) is 70.9 Å². The molecule has 1 saturated carbocycles. The van der Waals surface area contributed by atoms with Gasteiger partial charge in [-0.05, 0) is 42.2 Å². The van der Waals surface area contributed by atoms with Gasteiger partial charge in [-0.25, -0.2) is 5.48 Å². The molecular formula is C28H37N3O4. The van der Waals surface area contributed by atoms with Gasteiger partial charge in [0.05, 0.1) is 0 Å². The van der Waals surface area contributed by atoms with Gasteiger partial charge in [-0.3, -0.25) is 19.6 Å². The van der Waals surface area contributed by atoms with E-state index in [1.54, 1.807) is 5.48 Å². The zero-order valence-electron chi connectivity index (χ0n) is 20.8. The lowest BCUT2D eigenvalue weighted by atomic mass is 9.85. The first kappa shape index (κ1) is 26.4. The lowest BCUT2D eigenvalue weighted by molar-refractivity contribution is -0.137. The summed E-state index contributed by atoms with van der Waals surface area (Å²) >= 11 is 0. The maximum absolute atomic E-state index is 13.2. The molecule has 7 heteroatoms. The summed E-state index contributed by atoms with van der Waals surface area (Å²) in [6.45, 7) is 5.72. The number of rotatable bonds is 11. The van der Waals surface area contributed by atoms with Crippen LogP contribution in [0.3, 0.4) is 0 Å². The van der Waals surface area contributed by atoms with Crippen molar-refractivity contribution in [3.63, 3.8) is 0 Å². The van der Waals surface area contributed by atoms with Crippen molar-refractivity contribution in [2.24, 2.45) is 11.3 Å². The van der Waals surface area contributed by atoms with Gasteiger partial charge in [0, 0.05) is 24.3 Å². The molecule has 35 heavy (non-hydrogen) atoms. The van der Waals surface area contributed by atoms with Crippen LogP contribution < -0.4 is 16.1 Å². The molecule has 4 N–H and O–H groups in total. The van der Waals surface area contributed by atoms with Crippen molar-refractivity contribution in [2.75, 3.05) is 0 Å². The Labute approximate surface area is 207 Å². The van der Waals surface area contributed by atoms with Gasteiger partial charge in [0.1, 0.15) is 6.04 Å². The molecule has 3 amide bonds. The third kappa shape index (κ3) is 7.92. The Kier molecular flexibility index (Phi) is 9.04. The first-order chi connectivity index (χ1) is 16.7. The topological polar surface area (TPSA) is 108 Å². The van der Waals surface area contributed by atoms with Crippen LogP contribution >= 0.6 is 0 Å². The van der Waals surface area contributed by atoms with Crippen molar-refractivity contribution in [3.05, 3.63) is 71.8 Å². The molecule has 0 spiro atoms. The summed E-state index contributed by atoms with van der Waals surface area (Å²) in [5, 5.41) is 15.0. The maximum Gasteiger partial charge on any atom is 0.244 e. The van der Waals surface area contributed by atoms with Gasteiger partial charge in [0.2, 0.25) is 17.7 Å². The largest absolute Gasteiger partial charge is 0.351 e. The first-order valence-corrected chi connectivity index (χ1v) is 12.3. The van der Waals surface area contributed by atoms with Gasteiger partial charge in [0.15, 0.2) is 0 Å². The zero-order chi connectivity index (χ0) is 25.4. The van der Waals surface area contributed by atoms with Gasteiger partial charge in [-0.15, -0.1) is 0 Å². The van der Waals surface area contributed by atoms with E-state index in [2.05, 4.69) is 22.8 Å². The zero-order valence-corrected chi connectivity index (χ0v) is 20.8. The molecule has 0 aromatic heterocycles. The van der Waals surface area contributed by atoms with E-state index in [4.69, 9.17) is 5.21 Å². The van der Waals surface area contributed by atoms with Crippen LogP contribution in [0.5, 0.6) is 0 Å². The van der Waals surface area contributed by atoms with Gasteiger partial charge in [-0.2, -0.15) is 0 Å². The Hall–Kier alpha value is -3.19. The molecule has 7 nitrogen and oxygen atoms in total. The van der Waals surface area contributed by atoms with E-state index in [0.29, 0.717) is 12.8 Å². The average molecular weight is 480 g/mol. The SMILES string of the molecule is CC(C)(C)[C@H](NC(=O)[C@H](CCCc1ccccc1)CC(=O)NO)C(=O)N[C@H]1C[C@H]1c1ccccc1. The Morgan fingerprint density at radius 1 is 0.971 bits per heavy atom. The minimum atomic E-state index is -0.749. The van der Waals surface area contributed by atoms with Crippen LogP contribution in [0.25, 0.3) is 0 Å². The summed E-state index contributed by atoms with van der Waals surface area (Å²) in [6, 6.07) is 19.3. The number of hydroxylamine groups is 1. The van der Waals surface area contributed by atoms with E-state index < -0.39 is 23.3 Å². The van der Waals surface area contributed by atoms with Gasteiger partial charge >= 0.3 is 0 Å². The summed E-state index contributed by atoms with van der Waals surface area (Å²) < 4.78 is 0. The molecule has 0 bridgehead atoms. The molecule has 2 aromatic rings. The Morgan fingerprint density at radius 3 is 2.20 bits per heavy atom. The fourth-order valence-corrected chi connectivity index (χ4v) is 4.42. The van der Waals surface area contributed by atoms with E-state index in [-0.39, 0.29) is 30.2 Å². The second-order valence-electron chi connectivity index (χ2n) is 10.5.